The molecule has 0 spiro atoms. The minimum absolute atomic E-state index is 0.866. The van der Waals surface area contributed by atoms with Crippen LogP contribution in [0.15, 0.2) is 30.3 Å². The van der Waals surface area contributed by atoms with Crippen LogP contribution in [0, 0.1) is 0 Å². The monoisotopic (exact) mass is 363 g/mol. The molecule has 0 saturated carbocycles. The van der Waals surface area contributed by atoms with Crippen LogP contribution < -0.4 is 5.32 Å². The van der Waals surface area contributed by atoms with Crippen molar-refractivity contribution in [2.24, 2.45) is 0 Å². The van der Waals surface area contributed by atoms with Crippen molar-refractivity contribution in [2.75, 3.05) is 45.9 Å². The molecule has 0 radical (unpaired) electrons. The van der Waals surface area contributed by atoms with Crippen LogP contribution >= 0.6 is 12.2 Å². The molecule has 1 saturated heterocycles. The SMILES string of the molecule is CCCCCNC(=S)N(CCCN1CCOCC1)Cc1ccccc1. The number of ether oxygens (including phenoxy) is 1. The van der Waals surface area contributed by atoms with Crippen molar-refractivity contribution in [3.8, 4) is 0 Å². The predicted octanol–water partition coefficient (Wildman–Crippen LogP) is 3.28. The predicted molar refractivity (Wildman–Crippen MR) is 109 cm³/mol. The zero-order valence-electron chi connectivity index (χ0n) is 15.6. The Bertz CT molecular complexity index is 477. The second-order valence-corrected chi connectivity index (χ2v) is 7.04. The molecule has 1 aromatic rings. The second kappa shape index (κ2) is 12.2. The molecule has 0 aromatic heterocycles. The average Bonchev–Trinajstić information content (AvgIpc) is 2.66. The molecule has 1 aliphatic heterocycles. The fourth-order valence-corrected chi connectivity index (χ4v) is 3.31. The molecular formula is C20H33N3OS. The van der Waals surface area contributed by atoms with Gasteiger partial charge in [-0.3, -0.25) is 4.90 Å². The van der Waals surface area contributed by atoms with E-state index in [0.29, 0.717) is 0 Å². The van der Waals surface area contributed by atoms with Crippen LogP contribution in [0.2, 0.25) is 0 Å². The summed E-state index contributed by atoms with van der Waals surface area (Å²) in [4.78, 5) is 4.80. The molecule has 5 heteroatoms. The standard InChI is InChI=1S/C20H33N3OS/c1-2-3-7-11-21-20(25)23(18-19-9-5-4-6-10-19)13-8-12-22-14-16-24-17-15-22/h4-6,9-10H,2-3,7-8,11-18H2,1H3,(H,21,25). The maximum Gasteiger partial charge on any atom is 0.169 e. The molecule has 0 bridgehead atoms. The lowest BCUT2D eigenvalue weighted by molar-refractivity contribution is 0.0367. The van der Waals surface area contributed by atoms with Crippen LogP contribution in [0.1, 0.15) is 38.2 Å². The van der Waals surface area contributed by atoms with Crippen LogP contribution in [0.25, 0.3) is 0 Å². The van der Waals surface area contributed by atoms with Crippen LogP contribution in [-0.2, 0) is 11.3 Å². The first kappa shape index (κ1) is 20.1. The molecular weight excluding hydrogens is 330 g/mol. The molecule has 25 heavy (non-hydrogen) atoms. The van der Waals surface area contributed by atoms with Gasteiger partial charge in [-0.15, -0.1) is 0 Å². The molecule has 1 N–H and O–H groups in total. The second-order valence-electron chi connectivity index (χ2n) is 6.65. The summed E-state index contributed by atoms with van der Waals surface area (Å²) >= 11 is 5.68. The van der Waals surface area contributed by atoms with Crippen molar-refractivity contribution in [2.45, 2.75) is 39.2 Å². The highest BCUT2D eigenvalue weighted by Gasteiger charge is 2.13. The van der Waals surface area contributed by atoms with Gasteiger partial charge >= 0.3 is 0 Å². The Balaban J connectivity index is 1.81. The van der Waals surface area contributed by atoms with Gasteiger partial charge in [0.05, 0.1) is 13.2 Å². The lowest BCUT2D eigenvalue weighted by atomic mass is 10.2. The van der Waals surface area contributed by atoms with E-state index < -0.39 is 0 Å². The minimum Gasteiger partial charge on any atom is -0.379 e. The molecule has 0 unspecified atom stereocenters. The van der Waals surface area contributed by atoms with Crippen molar-refractivity contribution in [3.63, 3.8) is 0 Å². The lowest BCUT2D eigenvalue weighted by Gasteiger charge is -2.29. The van der Waals surface area contributed by atoms with Gasteiger partial charge in [-0.2, -0.15) is 0 Å². The van der Waals surface area contributed by atoms with Gasteiger partial charge in [-0.25, -0.2) is 0 Å². The zero-order chi connectivity index (χ0) is 17.7. The number of hydrogen-bond donors (Lipinski definition) is 1. The van der Waals surface area contributed by atoms with E-state index in [1.54, 1.807) is 0 Å². The largest absolute Gasteiger partial charge is 0.379 e. The van der Waals surface area contributed by atoms with Crippen molar-refractivity contribution in [1.82, 2.24) is 15.1 Å². The average molecular weight is 364 g/mol. The van der Waals surface area contributed by atoms with E-state index in [-0.39, 0.29) is 0 Å². The van der Waals surface area contributed by atoms with Crippen molar-refractivity contribution in [3.05, 3.63) is 35.9 Å². The van der Waals surface area contributed by atoms with Crippen molar-refractivity contribution < 1.29 is 4.74 Å². The van der Waals surface area contributed by atoms with Gasteiger partial charge in [-0.05, 0) is 30.6 Å². The zero-order valence-corrected chi connectivity index (χ0v) is 16.4. The van der Waals surface area contributed by atoms with Crippen molar-refractivity contribution in [1.29, 1.82) is 0 Å². The Morgan fingerprint density at radius 3 is 2.64 bits per heavy atom. The van der Waals surface area contributed by atoms with E-state index in [4.69, 9.17) is 17.0 Å². The number of thiocarbonyl (C=S) groups is 1. The van der Waals surface area contributed by atoms with Crippen LogP contribution in [0.5, 0.6) is 0 Å². The number of benzene rings is 1. The molecule has 0 atom stereocenters. The van der Waals surface area contributed by atoms with Gasteiger partial charge in [0.1, 0.15) is 0 Å². The fourth-order valence-electron chi connectivity index (χ4n) is 3.05. The summed E-state index contributed by atoms with van der Waals surface area (Å²) < 4.78 is 5.43. The highest BCUT2D eigenvalue weighted by Crippen LogP contribution is 2.07. The van der Waals surface area contributed by atoms with Crippen molar-refractivity contribution >= 4 is 17.3 Å². The van der Waals surface area contributed by atoms with Gasteiger partial charge < -0.3 is 15.0 Å². The maximum atomic E-state index is 5.68. The van der Waals surface area contributed by atoms with E-state index in [1.165, 1.54) is 24.8 Å². The first-order valence-corrected chi connectivity index (χ1v) is 10.1. The van der Waals surface area contributed by atoms with E-state index in [1.807, 2.05) is 0 Å². The van der Waals surface area contributed by atoms with Crippen LogP contribution in [-0.4, -0.2) is 60.8 Å². The summed E-state index contributed by atoms with van der Waals surface area (Å²) in [6.45, 7) is 10.0. The third-order valence-corrected chi connectivity index (χ3v) is 4.97. The molecule has 1 heterocycles. The molecule has 140 valence electrons. The number of morpholine rings is 1. The van der Waals surface area contributed by atoms with Gasteiger partial charge in [-0.1, -0.05) is 50.1 Å². The Morgan fingerprint density at radius 1 is 1.16 bits per heavy atom. The minimum atomic E-state index is 0.866. The van der Waals surface area contributed by atoms with E-state index >= 15 is 0 Å². The van der Waals surface area contributed by atoms with Gasteiger partial charge in [0.25, 0.3) is 0 Å². The van der Waals surface area contributed by atoms with Gasteiger partial charge in [0, 0.05) is 39.3 Å². The topological polar surface area (TPSA) is 27.7 Å². The van der Waals surface area contributed by atoms with E-state index in [9.17, 15) is 0 Å². The molecule has 4 nitrogen and oxygen atoms in total. The maximum absolute atomic E-state index is 5.68. The Morgan fingerprint density at radius 2 is 1.92 bits per heavy atom. The molecule has 1 fully saturated rings. The lowest BCUT2D eigenvalue weighted by Crippen LogP contribution is -2.42. The first-order valence-electron chi connectivity index (χ1n) is 9.66. The number of hydrogen-bond acceptors (Lipinski definition) is 3. The fraction of sp³-hybridized carbons (Fsp3) is 0.650. The number of unbranched alkanes of at least 4 members (excludes halogenated alkanes) is 2. The van der Waals surface area contributed by atoms with Gasteiger partial charge in [0.15, 0.2) is 5.11 Å². The molecule has 0 amide bonds. The van der Waals surface area contributed by atoms with Crippen LogP contribution in [0.3, 0.4) is 0 Å². The summed E-state index contributed by atoms with van der Waals surface area (Å²) in [5, 5.41) is 4.34. The third-order valence-electron chi connectivity index (χ3n) is 4.57. The van der Waals surface area contributed by atoms with Gasteiger partial charge in [0.2, 0.25) is 0 Å². The number of nitrogens with one attached hydrogen (secondary N) is 1. The Labute approximate surface area is 158 Å². The smallest absolute Gasteiger partial charge is 0.169 e. The van der Waals surface area contributed by atoms with E-state index in [2.05, 4.69) is 52.4 Å². The summed E-state index contributed by atoms with van der Waals surface area (Å²) in [6.07, 6.45) is 4.81. The molecule has 2 rings (SSSR count). The number of rotatable bonds is 10. The quantitative estimate of drug-likeness (QED) is 0.509. The highest BCUT2D eigenvalue weighted by atomic mass is 32.1. The summed E-state index contributed by atoms with van der Waals surface area (Å²) in [5.74, 6) is 0. The Kier molecular flexibility index (Phi) is 9.85. The molecule has 1 aromatic carbocycles. The van der Waals surface area contributed by atoms with E-state index in [0.717, 1.165) is 64.0 Å². The molecule has 0 aliphatic carbocycles. The van der Waals surface area contributed by atoms with Crippen LogP contribution in [0.4, 0.5) is 0 Å². The Hall–Kier alpha value is -1.17. The molecule has 1 aliphatic rings. The first-order chi connectivity index (χ1) is 12.3. The highest BCUT2D eigenvalue weighted by molar-refractivity contribution is 7.80. The normalized spacial score (nSPS) is 15.1. The summed E-state index contributed by atoms with van der Waals surface area (Å²) in [6, 6.07) is 10.6. The third kappa shape index (κ3) is 8.17. The summed E-state index contributed by atoms with van der Waals surface area (Å²) in [7, 11) is 0. The summed E-state index contributed by atoms with van der Waals surface area (Å²) in [5.41, 5.74) is 1.31. The number of nitrogens with zero attached hydrogens (tertiary/aromatic N) is 2.